The number of carbonyl (C=O) groups is 1. The van der Waals surface area contributed by atoms with Crippen molar-refractivity contribution >= 4 is 5.97 Å². The van der Waals surface area contributed by atoms with Gasteiger partial charge in [0.2, 0.25) is 0 Å². The second-order valence-electron chi connectivity index (χ2n) is 4.10. The summed E-state index contributed by atoms with van der Waals surface area (Å²) in [5.41, 5.74) is 2.98. The van der Waals surface area contributed by atoms with Crippen molar-refractivity contribution in [3.05, 3.63) is 17.0 Å². The monoisotopic (exact) mass is 224 g/mol. The zero-order valence-corrected chi connectivity index (χ0v) is 10.7. The minimum absolute atomic E-state index is 0.213. The van der Waals surface area contributed by atoms with E-state index in [0.29, 0.717) is 12.5 Å². The van der Waals surface area contributed by atoms with Crippen LogP contribution in [0.25, 0.3) is 0 Å². The number of hydrogen-bond donors (Lipinski definition) is 0. The van der Waals surface area contributed by atoms with Crippen molar-refractivity contribution in [1.29, 1.82) is 0 Å². The number of nitrogens with zero attached hydrogens (tertiary/aromatic N) is 2. The molecular formula is C12H20N2O2. The molecule has 1 aromatic heterocycles. The van der Waals surface area contributed by atoms with Crippen LogP contribution in [0.3, 0.4) is 0 Å². The maximum atomic E-state index is 11.3. The van der Waals surface area contributed by atoms with Gasteiger partial charge in [0.15, 0.2) is 0 Å². The van der Waals surface area contributed by atoms with Crippen molar-refractivity contribution < 1.29 is 9.53 Å². The highest BCUT2D eigenvalue weighted by Crippen LogP contribution is 2.19. The van der Waals surface area contributed by atoms with E-state index in [1.807, 2.05) is 18.5 Å². The summed E-state index contributed by atoms with van der Waals surface area (Å²) in [6, 6.07) is 0.366. The molecule has 0 spiro atoms. The average molecular weight is 224 g/mol. The predicted molar refractivity (Wildman–Crippen MR) is 62.4 cm³/mol. The van der Waals surface area contributed by atoms with Crippen molar-refractivity contribution in [2.75, 3.05) is 7.11 Å². The molecule has 4 heteroatoms. The number of carbonyl (C=O) groups excluding carboxylic acids is 1. The van der Waals surface area contributed by atoms with Gasteiger partial charge in [0.25, 0.3) is 0 Å². The summed E-state index contributed by atoms with van der Waals surface area (Å²) in [5.74, 6) is -0.213. The lowest BCUT2D eigenvalue weighted by atomic mass is 10.1. The maximum Gasteiger partial charge on any atom is 0.310 e. The van der Waals surface area contributed by atoms with Crippen molar-refractivity contribution in [2.24, 2.45) is 0 Å². The summed E-state index contributed by atoms with van der Waals surface area (Å²) in [4.78, 5) is 11.3. The number of ether oxygens (including phenoxy) is 1. The Morgan fingerprint density at radius 3 is 2.62 bits per heavy atom. The molecule has 0 radical (unpaired) electrons. The van der Waals surface area contributed by atoms with Gasteiger partial charge >= 0.3 is 5.97 Å². The van der Waals surface area contributed by atoms with E-state index < -0.39 is 0 Å². The predicted octanol–water partition coefficient (Wildman–Crippen LogP) is 2.19. The highest BCUT2D eigenvalue weighted by atomic mass is 16.5. The van der Waals surface area contributed by atoms with Crippen LogP contribution in [-0.2, 0) is 16.0 Å². The van der Waals surface area contributed by atoms with E-state index in [4.69, 9.17) is 0 Å². The van der Waals surface area contributed by atoms with Crippen molar-refractivity contribution in [2.45, 2.75) is 46.6 Å². The Labute approximate surface area is 96.6 Å². The van der Waals surface area contributed by atoms with Gasteiger partial charge in [-0.2, -0.15) is 5.10 Å². The summed E-state index contributed by atoms with van der Waals surface area (Å²) in [6.07, 6.45) is 1.34. The van der Waals surface area contributed by atoms with Gasteiger partial charge < -0.3 is 4.74 Å². The van der Waals surface area contributed by atoms with Crippen molar-refractivity contribution in [1.82, 2.24) is 9.78 Å². The van der Waals surface area contributed by atoms with Crippen LogP contribution in [0.2, 0.25) is 0 Å². The molecule has 0 aliphatic rings. The molecule has 0 aliphatic heterocycles. The molecule has 90 valence electrons. The SMILES string of the molecule is CCC(C)n1nc(C)c(CC(=O)OC)c1C. The molecule has 1 rings (SSSR count). The van der Waals surface area contributed by atoms with E-state index in [0.717, 1.165) is 23.4 Å². The van der Waals surface area contributed by atoms with Gasteiger partial charge in [-0.25, -0.2) is 0 Å². The fraction of sp³-hybridized carbons (Fsp3) is 0.667. The Morgan fingerprint density at radius 2 is 2.12 bits per heavy atom. The number of aromatic nitrogens is 2. The van der Waals surface area contributed by atoms with Crippen molar-refractivity contribution in [3.63, 3.8) is 0 Å². The lowest BCUT2D eigenvalue weighted by molar-refractivity contribution is -0.139. The third-order valence-electron chi connectivity index (χ3n) is 3.03. The Morgan fingerprint density at radius 1 is 1.50 bits per heavy atom. The second kappa shape index (κ2) is 5.14. The van der Waals surface area contributed by atoms with Gasteiger partial charge in [0.1, 0.15) is 0 Å². The van der Waals surface area contributed by atoms with E-state index in [2.05, 4.69) is 23.7 Å². The van der Waals surface area contributed by atoms with Gasteiger partial charge in [-0.3, -0.25) is 9.48 Å². The first-order chi connectivity index (χ1) is 7.51. The first-order valence-corrected chi connectivity index (χ1v) is 5.62. The maximum absolute atomic E-state index is 11.3. The van der Waals surface area contributed by atoms with Gasteiger partial charge in [-0.1, -0.05) is 6.92 Å². The zero-order valence-electron chi connectivity index (χ0n) is 10.7. The smallest absolute Gasteiger partial charge is 0.310 e. The van der Waals surface area contributed by atoms with Crippen LogP contribution in [0.5, 0.6) is 0 Å². The molecule has 0 fully saturated rings. The van der Waals surface area contributed by atoms with Crippen LogP contribution in [0, 0.1) is 13.8 Å². The first-order valence-electron chi connectivity index (χ1n) is 5.62. The molecule has 1 heterocycles. The summed E-state index contributed by atoms with van der Waals surface area (Å²) in [7, 11) is 1.41. The molecule has 0 amide bonds. The van der Waals surface area contributed by atoms with Crippen LogP contribution < -0.4 is 0 Å². The van der Waals surface area contributed by atoms with Gasteiger partial charge in [0.05, 0.1) is 19.2 Å². The zero-order chi connectivity index (χ0) is 12.3. The largest absolute Gasteiger partial charge is 0.469 e. The molecule has 0 N–H and O–H groups in total. The van der Waals surface area contributed by atoms with E-state index in [1.165, 1.54) is 7.11 Å². The number of esters is 1. The number of methoxy groups -OCH3 is 1. The fourth-order valence-corrected chi connectivity index (χ4v) is 1.77. The van der Waals surface area contributed by atoms with Gasteiger partial charge in [-0.05, 0) is 27.2 Å². The van der Waals surface area contributed by atoms with Crippen LogP contribution in [-0.4, -0.2) is 22.9 Å². The number of rotatable bonds is 4. The third kappa shape index (κ3) is 2.43. The summed E-state index contributed by atoms with van der Waals surface area (Å²) < 4.78 is 6.68. The molecule has 0 saturated heterocycles. The summed E-state index contributed by atoms with van der Waals surface area (Å²) in [5, 5.41) is 4.48. The highest BCUT2D eigenvalue weighted by Gasteiger charge is 2.17. The van der Waals surface area contributed by atoms with Crippen LogP contribution in [0.15, 0.2) is 0 Å². The molecule has 0 aliphatic carbocycles. The van der Waals surface area contributed by atoms with Crippen LogP contribution in [0.4, 0.5) is 0 Å². The van der Waals surface area contributed by atoms with E-state index >= 15 is 0 Å². The minimum atomic E-state index is -0.213. The Bertz CT molecular complexity index is 383. The molecule has 0 bridgehead atoms. The van der Waals surface area contributed by atoms with Crippen LogP contribution >= 0.6 is 0 Å². The average Bonchev–Trinajstić information content (AvgIpc) is 2.55. The molecular weight excluding hydrogens is 204 g/mol. The van der Waals surface area contributed by atoms with Crippen molar-refractivity contribution in [3.8, 4) is 0 Å². The standard InChI is InChI=1S/C12H20N2O2/c1-6-8(2)14-10(4)11(9(3)13-14)7-12(15)16-5/h8H,6-7H2,1-5H3. The molecule has 0 saturated carbocycles. The quantitative estimate of drug-likeness (QED) is 0.736. The van der Waals surface area contributed by atoms with E-state index in [-0.39, 0.29) is 5.97 Å². The highest BCUT2D eigenvalue weighted by molar-refractivity contribution is 5.73. The Hall–Kier alpha value is -1.32. The lowest BCUT2D eigenvalue weighted by Crippen LogP contribution is -2.09. The molecule has 1 atom stereocenters. The molecule has 4 nitrogen and oxygen atoms in total. The number of aryl methyl sites for hydroxylation is 1. The van der Waals surface area contributed by atoms with Crippen LogP contribution in [0.1, 0.15) is 43.3 Å². The summed E-state index contributed by atoms with van der Waals surface area (Å²) >= 11 is 0. The normalized spacial score (nSPS) is 12.6. The van der Waals surface area contributed by atoms with E-state index in [1.54, 1.807) is 0 Å². The molecule has 0 aromatic carbocycles. The lowest BCUT2D eigenvalue weighted by Gasteiger charge is -2.11. The molecule has 16 heavy (non-hydrogen) atoms. The Balaban J connectivity index is 3.02. The second-order valence-corrected chi connectivity index (χ2v) is 4.10. The molecule has 1 unspecified atom stereocenters. The van der Waals surface area contributed by atoms with Gasteiger partial charge in [-0.15, -0.1) is 0 Å². The fourth-order valence-electron chi connectivity index (χ4n) is 1.77. The van der Waals surface area contributed by atoms with Gasteiger partial charge in [0, 0.05) is 17.3 Å². The summed E-state index contributed by atoms with van der Waals surface area (Å²) in [6.45, 7) is 8.19. The Kier molecular flexibility index (Phi) is 4.10. The van der Waals surface area contributed by atoms with E-state index in [9.17, 15) is 4.79 Å². The number of hydrogen-bond acceptors (Lipinski definition) is 3. The topological polar surface area (TPSA) is 44.1 Å². The molecule has 1 aromatic rings. The minimum Gasteiger partial charge on any atom is -0.469 e. The first kappa shape index (κ1) is 12.7. The third-order valence-corrected chi connectivity index (χ3v) is 3.03.